The minimum atomic E-state index is -0.140. The lowest BCUT2D eigenvalue weighted by molar-refractivity contribution is -0.0279. The Kier molecular flexibility index (Phi) is 3.31. The molecule has 2 rings (SSSR count). The molecule has 2 heterocycles. The molecule has 4 nitrogen and oxygen atoms in total. The number of nitrogens with two attached hydrogens (primary N) is 1. The molecule has 0 unspecified atom stereocenters. The molecule has 0 atom stereocenters. The summed E-state index contributed by atoms with van der Waals surface area (Å²) in [6.07, 6.45) is 1.74. The molecule has 5 heteroatoms. The molecule has 0 radical (unpaired) electrons. The highest BCUT2D eigenvalue weighted by Crippen LogP contribution is 2.21. The normalized spacial score (nSPS) is 19.1. The van der Waals surface area contributed by atoms with Crippen LogP contribution in [0.2, 0.25) is 0 Å². The molecule has 1 aliphatic heterocycles. The van der Waals surface area contributed by atoms with Crippen LogP contribution >= 0.6 is 12.2 Å². The Labute approximate surface area is 107 Å². The maximum absolute atomic E-state index is 5.67. The number of hydrogen-bond acceptors (Lipinski definition) is 4. The fourth-order valence-electron chi connectivity index (χ4n) is 1.96. The second-order valence-electron chi connectivity index (χ2n) is 4.80. The van der Waals surface area contributed by atoms with E-state index in [9.17, 15) is 0 Å². The average Bonchev–Trinajstić information content (AvgIpc) is 2.28. The van der Waals surface area contributed by atoms with Gasteiger partial charge in [0.15, 0.2) is 0 Å². The highest BCUT2D eigenvalue weighted by Gasteiger charge is 2.27. The van der Waals surface area contributed by atoms with Crippen LogP contribution in [0.4, 0.5) is 5.82 Å². The summed E-state index contributed by atoms with van der Waals surface area (Å²) in [5, 5.41) is 0. The van der Waals surface area contributed by atoms with Gasteiger partial charge in [0.1, 0.15) is 10.8 Å². The van der Waals surface area contributed by atoms with E-state index < -0.39 is 0 Å². The zero-order valence-corrected chi connectivity index (χ0v) is 11.0. The summed E-state index contributed by atoms with van der Waals surface area (Å²) in [5.41, 5.74) is 6.34. The Hall–Kier alpha value is -1.20. The monoisotopic (exact) mass is 251 g/mol. The summed E-state index contributed by atoms with van der Waals surface area (Å²) in [6, 6.07) is 3.77. The van der Waals surface area contributed by atoms with Crippen molar-refractivity contribution in [2.75, 3.05) is 24.6 Å². The van der Waals surface area contributed by atoms with Crippen molar-refractivity contribution in [1.82, 2.24) is 4.98 Å². The van der Waals surface area contributed by atoms with Crippen molar-refractivity contribution in [2.45, 2.75) is 19.4 Å². The van der Waals surface area contributed by atoms with Crippen LogP contribution in [0.25, 0.3) is 0 Å². The number of aromatic nitrogens is 1. The SMILES string of the molecule is CC1(C)CN(c2cc(C(N)=S)ccn2)CCO1. The molecule has 0 aromatic carbocycles. The highest BCUT2D eigenvalue weighted by molar-refractivity contribution is 7.80. The van der Waals surface area contributed by atoms with Crippen LogP contribution in [-0.2, 0) is 4.74 Å². The molecule has 1 aliphatic rings. The molecule has 92 valence electrons. The summed E-state index contributed by atoms with van der Waals surface area (Å²) in [4.78, 5) is 6.97. The molecule has 0 bridgehead atoms. The van der Waals surface area contributed by atoms with Gasteiger partial charge in [-0.3, -0.25) is 0 Å². The molecule has 0 amide bonds. The fourth-order valence-corrected chi connectivity index (χ4v) is 2.08. The third-order valence-corrected chi connectivity index (χ3v) is 3.02. The second-order valence-corrected chi connectivity index (χ2v) is 5.24. The Morgan fingerprint density at radius 3 is 3.00 bits per heavy atom. The molecular weight excluding hydrogens is 234 g/mol. The van der Waals surface area contributed by atoms with Gasteiger partial charge in [-0.1, -0.05) is 12.2 Å². The molecule has 0 spiro atoms. The first-order chi connectivity index (χ1) is 7.98. The van der Waals surface area contributed by atoms with Gasteiger partial charge in [0.05, 0.1) is 12.2 Å². The number of anilines is 1. The molecule has 0 aliphatic carbocycles. The van der Waals surface area contributed by atoms with Crippen molar-refractivity contribution in [3.05, 3.63) is 23.9 Å². The van der Waals surface area contributed by atoms with Gasteiger partial charge >= 0.3 is 0 Å². The van der Waals surface area contributed by atoms with Gasteiger partial charge in [-0.25, -0.2) is 4.98 Å². The summed E-state index contributed by atoms with van der Waals surface area (Å²) >= 11 is 4.97. The molecular formula is C12H17N3OS. The lowest BCUT2D eigenvalue weighted by Gasteiger charge is -2.38. The Bertz CT molecular complexity index is 434. The van der Waals surface area contributed by atoms with E-state index >= 15 is 0 Å². The van der Waals surface area contributed by atoms with Gasteiger partial charge in [0, 0.05) is 24.8 Å². The first-order valence-electron chi connectivity index (χ1n) is 5.63. The summed E-state index contributed by atoms with van der Waals surface area (Å²) < 4.78 is 5.67. The van der Waals surface area contributed by atoms with Gasteiger partial charge in [-0.2, -0.15) is 0 Å². The van der Waals surface area contributed by atoms with Crippen LogP contribution in [0.3, 0.4) is 0 Å². The molecule has 1 aromatic rings. The van der Waals surface area contributed by atoms with Crippen LogP contribution in [0, 0.1) is 0 Å². The molecule has 2 N–H and O–H groups in total. The molecule has 0 saturated carbocycles. The highest BCUT2D eigenvalue weighted by atomic mass is 32.1. The minimum absolute atomic E-state index is 0.140. The van der Waals surface area contributed by atoms with E-state index in [1.165, 1.54) is 0 Å². The summed E-state index contributed by atoms with van der Waals surface area (Å²) in [6.45, 7) is 6.54. The quantitative estimate of drug-likeness (QED) is 0.804. The number of pyridine rings is 1. The zero-order valence-electron chi connectivity index (χ0n) is 10.1. The van der Waals surface area contributed by atoms with E-state index in [1.54, 1.807) is 6.20 Å². The van der Waals surface area contributed by atoms with Crippen molar-refractivity contribution in [2.24, 2.45) is 5.73 Å². The van der Waals surface area contributed by atoms with Crippen LogP contribution in [0.5, 0.6) is 0 Å². The minimum Gasteiger partial charge on any atom is -0.389 e. The number of rotatable bonds is 2. The maximum atomic E-state index is 5.67. The van der Waals surface area contributed by atoms with E-state index in [4.69, 9.17) is 22.7 Å². The molecule has 1 saturated heterocycles. The predicted molar refractivity (Wildman–Crippen MR) is 72.4 cm³/mol. The van der Waals surface area contributed by atoms with E-state index in [0.29, 0.717) is 11.6 Å². The number of hydrogen-bond donors (Lipinski definition) is 1. The van der Waals surface area contributed by atoms with Crippen molar-refractivity contribution < 1.29 is 4.74 Å². The van der Waals surface area contributed by atoms with Gasteiger partial charge < -0.3 is 15.4 Å². The van der Waals surface area contributed by atoms with Crippen LogP contribution in [0.15, 0.2) is 18.3 Å². The maximum Gasteiger partial charge on any atom is 0.129 e. The Morgan fingerprint density at radius 1 is 1.59 bits per heavy atom. The predicted octanol–water partition coefficient (Wildman–Crippen LogP) is 1.33. The van der Waals surface area contributed by atoms with E-state index in [1.807, 2.05) is 12.1 Å². The number of thiocarbonyl (C=S) groups is 1. The van der Waals surface area contributed by atoms with Crippen LogP contribution in [0.1, 0.15) is 19.4 Å². The van der Waals surface area contributed by atoms with E-state index in [0.717, 1.165) is 24.5 Å². The van der Waals surface area contributed by atoms with Gasteiger partial charge in [-0.05, 0) is 26.0 Å². The van der Waals surface area contributed by atoms with E-state index in [-0.39, 0.29) is 5.60 Å². The number of morpholine rings is 1. The van der Waals surface area contributed by atoms with Gasteiger partial charge in [-0.15, -0.1) is 0 Å². The third kappa shape index (κ3) is 2.92. The van der Waals surface area contributed by atoms with Crippen molar-refractivity contribution in [1.29, 1.82) is 0 Å². The first kappa shape index (κ1) is 12.3. The fraction of sp³-hybridized carbons (Fsp3) is 0.500. The smallest absolute Gasteiger partial charge is 0.129 e. The summed E-state index contributed by atoms with van der Waals surface area (Å²) in [7, 11) is 0. The lowest BCUT2D eigenvalue weighted by atomic mass is 10.1. The van der Waals surface area contributed by atoms with Crippen LogP contribution in [-0.4, -0.2) is 35.3 Å². The van der Waals surface area contributed by atoms with E-state index in [2.05, 4.69) is 23.7 Å². The Balaban J connectivity index is 2.22. The van der Waals surface area contributed by atoms with Crippen molar-refractivity contribution >= 4 is 23.0 Å². The lowest BCUT2D eigenvalue weighted by Crippen LogP contribution is -2.48. The molecule has 17 heavy (non-hydrogen) atoms. The molecule has 1 fully saturated rings. The third-order valence-electron chi connectivity index (χ3n) is 2.78. The zero-order chi connectivity index (χ0) is 12.5. The Morgan fingerprint density at radius 2 is 2.35 bits per heavy atom. The summed E-state index contributed by atoms with van der Waals surface area (Å²) in [5.74, 6) is 0.909. The van der Waals surface area contributed by atoms with Crippen molar-refractivity contribution in [3.63, 3.8) is 0 Å². The number of ether oxygens (including phenoxy) is 1. The second kappa shape index (κ2) is 4.58. The topological polar surface area (TPSA) is 51.4 Å². The molecule has 1 aromatic heterocycles. The number of nitrogens with zero attached hydrogens (tertiary/aromatic N) is 2. The first-order valence-corrected chi connectivity index (χ1v) is 6.03. The van der Waals surface area contributed by atoms with Gasteiger partial charge in [0.2, 0.25) is 0 Å². The largest absolute Gasteiger partial charge is 0.389 e. The van der Waals surface area contributed by atoms with Crippen molar-refractivity contribution in [3.8, 4) is 0 Å². The average molecular weight is 251 g/mol. The van der Waals surface area contributed by atoms with Gasteiger partial charge in [0.25, 0.3) is 0 Å². The standard InChI is InChI=1S/C12H17N3OS/c1-12(2)8-15(5-6-16-12)10-7-9(11(13)17)3-4-14-10/h3-4,7H,5-6,8H2,1-2H3,(H2,13,17). The van der Waals surface area contributed by atoms with Crippen LogP contribution < -0.4 is 10.6 Å².